The van der Waals surface area contributed by atoms with Gasteiger partial charge < -0.3 is 14.5 Å². The molecule has 0 aromatic heterocycles. The Balaban J connectivity index is 1.32. The number of morpholine rings is 1. The fraction of sp³-hybridized carbons (Fsp3) is 0.391. The van der Waals surface area contributed by atoms with Crippen molar-refractivity contribution in [1.29, 1.82) is 0 Å². The summed E-state index contributed by atoms with van der Waals surface area (Å²) in [4.78, 5) is 30.8. The molecule has 0 unspecified atom stereocenters. The van der Waals surface area contributed by atoms with E-state index in [1.807, 2.05) is 0 Å². The first-order valence-electron chi connectivity index (χ1n) is 11.1. The largest absolute Gasteiger partial charge is 0.379 e. The molecule has 2 aromatic carbocycles. The van der Waals surface area contributed by atoms with Crippen molar-refractivity contribution in [2.45, 2.75) is 4.90 Å². The minimum atomic E-state index is -4.00. The Kier molecular flexibility index (Phi) is 7.44. The van der Waals surface area contributed by atoms with Crippen LogP contribution >= 0.6 is 0 Å². The van der Waals surface area contributed by atoms with E-state index in [1.165, 1.54) is 42.5 Å². The normalized spacial score (nSPS) is 17.4. The standard InChI is InChI=1S/C23H27FN4O5S/c24-20-3-1-2-4-21(20)25-34(31,32)19-7-5-18(6-8-19)23(30)28-11-9-27(10-12-28)22(29)17-26-13-15-33-16-14-26/h1-8,25H,9-17H2. The number of carbonyl (C=O) groups is 2. The van der Waals surface area contributed by atoms with Crippen molar-refractivity contribution in [3.05, 3.63) is 59.9 Å². The molecule has 2 fully saturated rings. The number of amides is 2. The van der Waals surface area contributed by atoms with E-state index in [1.54, 1.807) is 9.80 Å². The predicted octanol–water partition coefficient (Wildman–Crippen LogP) is 1.24. The molecule has 0 radical (unpaired) electrons. The Morgan fingerprint density at radius 2 is 1.50 bits per heavy atom. The van der Waals surface area contributed by atoms with E-state index in [4.69, 9.17) is 4.74 Å². The molecule has 2 amide bonds. The first-order valence-corrected chi connectivity index (χ1v) is 12.6. The minimum absolute atomic E-state index is 0.0471. The molecule has 11 heteroatoms. The summed E-state index contributed by atoms with van der Waals surface area (Å²) < 4.78 is 46.4. The molecule has 0 saturated carbocycles. The van der Waals surface area contributed by atoms with Crippen molar-refractivity contribution in [2.24, 2.45) is 0 Å². The molecule has 4 rings (SSSR count). The Labute approximate surface area is 198 Å². The number of piperazine rings is 1. The Morgan fingerprint density at radius 3 is 2.15 bits per heavy atom. The number of halogens is 1. The van der Waals surface area contributed by atoms with Gasteiger partial charge in [0.1, 0.15) is 5.82 Å². The molecule has 34 heavy (non-hydrogen) atoms. The highest BCUT2D eigenvalue weighted by atomic mass is 32.2. The maximum absolute atomic E-state index is 13.8. The van der Waals surface area contributed by atoms with Gasteiger partial charge >= 0.3 is 0 Å². The maximum atomic E-state index is 13.8. The fourth-order valence-corrected chi connectivity index (χ4v) is 4.98. The average Bonchev–Trinajstić information content (AvgIpc) is 2.86. The highest BCUT2D eigenvalue weighted by Crippen LogP contribution is 2.20. The lowest BCUT2D eigenvalue weighted by molar-refractivity contribution is -0.134. The third kappa shape index (κ3) is 5.72. The summed E-state index contributed by atoms with van der Waals surface area (Å²) in [7, 11) is -4.00. The van der Waals surface area contributed by atoms with Crippen LogP contribution < -0.4 is 4.72 Å². The summed E-state index contributed by atoms with van der Waals surface area (Å²) in [5, 5.41) is 0. The van der Waals surface area contributed by atoms with Crippen molar-refractivity contribution in [1.82, 2.24) is 14.7 Å². The summed E-state index contributed by atoms with van der Waals surface area (Å²) in [6.45, 7) is 4.82. The van der Waals surface area contributed by atoms with Gasteiger partial charge in [0.15, 0.2) is 0 Å². The average molecular weight is 491 g/mol. The van der Waals surface area contributed by atoms with Crippen molar-refractivity contribution in [2.75, 3.05) is 63.7 Å². The Hall–Kier alpha value is -3.02. The predicted molar refractivity (Wildman–Crippen MR) is 123 cm³/mol. The van der Waals surface area contributed by atoms with Crippen molar-refractivity contribution < 1.29 is 27.1 Å². The van der Waals surface area contributed by atoms with E-state index in [2.05, 4.69) is 9.62 Å². The topological polar surface area (TPSA) is 99.3 Å². The maximum Gasteiger partial charge on any atom is 0.261 e. The molecule has 0 bridgehead atoms. The molecule has 1 N–H and O–H groups in total. The second-order valence-corrected chi connectivity index (χ2v) is 9.85. The number of para-hydroxylation sites is 1. The lowest BCUT2D eigenvalue weighted by Crippen LogP contribution is -2.53. The van der Waals surface area contributed by atoms with E-state index >= 15 is 0 Å². The number of benzene rings is 2. The van der Waals surface area contributed by atoms with Crippen molar-refractivity contribution in [3.63, 3.8) is 0 Å². The SMILES string of the molecule is O=C(CN1CCOCC1)N1CCN(C(=O)c2ccc(S(=O)(=O)Nc3ccccc3F)cc2)CC1. The van der Waals surface area contributed by atoms with Gasteiger partial charge in [-0.05, 0) is 36.4 Å². The van der Waals surface area contributed by atoms with Crippen molar-refractivity contribution >= 4 is 27.5 Å². The fourth-order valence-electron chi connectivity index (χ4n) is 3.92. The first kappa shape index (κ1) is 24.1. The number of hydrogen-bond acceptors (Lipinski definition) is 6. The highest BCUT2D eigenvalue weighted by Gasteiger charge is 2.26. The summed E-state index contributed by atoms with van der Waals surface area (Å²) >= 11 is 0. The quantitative estimate of drug-likeness (QED) is 0.654. The van der Waals surface area contributed by atoms with Crippen LogP contribution in [0, 0.1) is 5.82 Å². The number of rotatable bonds is 6. The van der Waals surface area contributed by atoms with Gasteiger partial charge in [-0.25, -0.2) is 12.8 Å². The van der Waals surface area contributed by atoms with Gasteiger partial charge in [0, 0.05) is 44.8 Å². The van der Waals surface area contributed by atoms with Gasteiger partial charge in [-0.3, -0.25) is 19.2 Å². The summed E-state index contributed by atoms with van der Waals surface area (Å²) in [6.07, 6.45) is 0. The zero-order valence-corrected chi connectivity index (χ0v) is 19.5. The highest BCUT2D eigenvalue weighted by molar-refractivity contribution is 7.92. The first-order chi connectivity index (χ1) is 16.3. The molecule has 2 saturated heterocycles. The second kappa shape index (κ2) is 10.5. The Bertz CT molecular complexity index is 1130. The summed E-state index contributed by atoms with van der Waals surface area (Å²) in [5.74, 6) is -0.863. The van der Waals surface area contributed by atoms with Crippen LogP contribution in [0.4, 0.5) is 10.1 Å². The van der Waals surface area contributed by atoms with Crippen LogP contribution in [-0.2, 0) is 19.6 Å². The number of nitrogens with one attached hydrogen (secondary N) is 1. The molecule has 0 spiro atoms. The van der Waals surface area contributed by atoms with E-state index in [-0.39, 0.29) is 22.4 Å². The summed E-state index contributed by atoms with van der Waals surface area (Å²) in [5.41, 5.74) is 0.196. The molecular formula is C23H27FN4O5S. The van der Waals surface area contributed by atoms with E-state index in [0.717, 1.165) is 19.2 Å². The van der Waals surface area contributed by atoms with Gasteiger partial charge in [-0.15, -0.1) is 0 Å². The number of ether oxygens (including phenoxy) is 1. The molecule has 0 atom stereocenters. The lowest BCUT2D eigenvalue weighted by Gasteiger charge is -2.36. The number of carbonyl (C=O) groups excluding carboxylic acids is 2. The van der Waals surface area contributed by atoms with Crippen LogP contribution in [0.2, 0.25) is 0 Å². The van der Waals surface area contributed by atoms with Crippen LogP contribution in [-0.4, -0.2) is 94.0 Å². The smallest absolute Gasteiger partial charge is 0.261 e. The number of sulfonamides is 1. The van der Waals surface area contributed by atoms with E-state index in [9.17, 15) is 22.4 Å². The summed E-state index contributed by atoms with van der Waals surface area (Å²) in [6, 6.07) is 11.0. The lowest BCUT2D eigenvalue weighted by atomic mass is 10.2. The molecule has 0 aliphatic carbocycles. The van der Waals surface area contributed by atoms with Crippen LogP contribution in [0.15, 0.2) is 53.4 Å². The van der Waals surface area contributed by atoms with Gasteiger partial charge in [-0.1, -0.05) is 12.1 Å². The monoisotopic (exact) mass is 490 g/mol. The second-order valence-electron chi connectivity index (χ2n) is 8.17. The van der Waals surface area contributed by atoms with Gasteiger partial charge in [-0.2, -0.15) is 0 Å². The molecule has 2 aromatic rings. The zero-order chi connectivity index (χ0) is 24.1. The molecule has 2 aliphatic rings. The van der Waals surface area contributed by atoms with Gasteiger partial charge in [0.05, 0.1) is 30.3 Å². The van der Waals surface area contributed by atoms with E-state index in [0.29, 0.717) is 51.5 Å². The number of hydrogen-bond donors (Lipinski definition) is 1. The Morgan fingerprint density at radius 1 is 0.882 bits per heavy atom. The minimum Gasteiger partial charge on any atom is -0.379 e. The number of nitrogens with zero attached hydrogens (tertiary/aromatic N) is 3. The van der Waals surface area contributed by atoms with Crippen molar-refractivity contribution in [3.8, 4) is 0 Å². The molecule has 2 heterocycles. The van der Waals surface area contributed by atoms with E-state index < -0.39 is 15.8 Å². The van der Waals surface area contributed by atoms with Crippen LogP contribution in [0.25, 0.3) is 0 Å². The molecule has 9 nitrogen and oxygen atoms in total. The molecule has 2 aliphatic heterocycles. The molecular weight excluding hydrogens is 463 g/mol. The number of anilines is 1. The zero-order valence-electron chi connectivity index (χ0n) is 18.7. The third-order valence-electron chi connectivity index (χ3n) is 5.91. The molecule has 182 valence electrons. The van der Waals surface area contributed by atoms with Gasteiger partial charge in [0.25, 0.3) is 15.9 Å². The van der Waals surface area contributed by atoms with Gasteiger partial charge in [0.2, 0.25) is 5.91 Å². The van der Waals surface area contributed by atoms with Crippen LogP contribution in [0.5, 0.6) is 0 Å². The van der Waals surface area contributed by atoms with Crippen LogP contribution in [0.1, 0.15) is 10.4 Å². The van der Waals surface area contributed by atoms with Crippen LogP contribution in [0.3, 0.4) is 0 Å². The third-order valence-corrected chi connectivity index (χ3v) is 7.29.